The van der Waals surface area contributed by atoms with Crippen LogP contribution in [-0.2, 0) is 11.3 Å². The van der Waals surface area contributed by atoms with Gasteiger partial charge in [0, 0.05) is 28.1 Å². The van der Waals surface area contributed by atoms with Gasteiger partial charge in [-0.05, 0) is 65.5 Å². The van der Waals surface area contributed by atoms with Crippen molar-refractivity contribution in [2.24, 2.45) is 0 Å². The van der Waals surface area contributed by atoms with Crippen LogP contribution >= 0.6 is 11.8 Å². The molecule has 0 unspecified atom stereocenters. The first-order valence-corrected chi connectivity index (χ1v) is 9.41. The molecule has 0 spiro atoms. The molecule has 22 heavy (non-hydrogen) atoms. The lowest BCUT2D eigenvalue weighted by Gasteiger charge is -2.54. The number of hydroxylamine groups is 2. The summed E-state index contributed by atoms with van der Waals surface area (Å²) in [6, 6.07) is 8.75. The monoisotopic (exact) mass is 319 g/mol. The van der Waals surface area contributed by atoms with Crippen LogP contribution in [-0.4, -0.2) is 27.5 Å². The Hall–Kier alpha value is -0.510. The highest BCUT2D eigenvalue weighted by atomic mass is 32.2. The highest BCUT2D eigenvalue weighted by Crippen LogP contribution is 2.43. The molecule has 0 aromatic heterocycles. The predicted molar refractivity (Wildman–Crippen MR) is 94.2 cm³/mol. The summed E-state index contributed by atoms with van der Waals surface area (Å²) in [6.45, 7) is 11.6. The van der Waals surface area contributed by atoms with Gasteiger partial charge in [-0.15, -0.1) is 11.8 Å². The van der Waals surface area contributed by atoms with Crippen LogP contribution in [0.25, 0.3) is 0 Å². The fourth-order valence-electron chi connectivity index (χ4n) is 3.98. The molecule has 0 bridgehead atoms. The van der Waals surface area contributed by atoms with E-state index in [1.807, 2.05) is 11.8 Å². The van der Waals surface area contributed by atoms with Gasteiger partial charge in [-0.2, -0.15) is 5.06 Å². The lowest BCUT2D eigenvalue weighted by Crippen LogP contribution is -2.61. The van der Waals surface area contributed by atoms with Crippen LogP contribution < -0.4 is 0 Å². The van der Waals surface area contributed by atoms with E-state index in [0.29, 0.717) is 0 Å². The number of hydrogen-bond acceptors (Lipinski definition) is 3. The third-order valence-electron chi connectivity index (χ3n) is 5.06. The smallest absolute Gasteiger partial charge is 0.101 e. The first-order valence-electron chi connectivity index (χ1n) is 8.42. The Balaban J connectivity index is 1.82. The van der Waals surface area contributed by atoms with Crippen LogP contribution in [0, 0.1) is 0 Å². The summed E-state index contributed by atoms with van der Waals surface area (Å²) in [5.41, 5.74) is 1.51. The van der Waals surface area contributed by atoms with Gasteiger partial charge in [0.15, 0.2) is 0 Å². The van der Waals surface area contributed by atoms with Crippen molar-refractivity contribution >= 4 is 11.8 Å². The molecule has 1 saturated heterocycles. The maximum Gasteiger partial charge on any atom is 0.101 e. The molecule has 3 rings (SSSR count). The van der Waals surface area contributed by atoms with Crippen molar-refractivity contribution in [3.63, 3.8) is 0 Å². The van der Waals surface area contributed by atoms with E-state index in [1.54, 1.807) is 0 Å². The summed E-state index contributed by atoms with van der Waals surface area (Å²) < 4.78 is 0. The summed E-state index contributed by atoms with van der Waals surface area (Å²) in [6.07, 6.45) is 4.69. The average Bonchev–Trinajstić information content (AvgIpc) is 2.43. The summed E-state index contributed by atoms with van der Waals surface area (Å²) in [5.74, 6) is 1.02. The SMILES string of the molecule is CC1(C)CCCC(C)(C)N1O[C@@]1(C)CSc2ccccc2C1. The predicted octanol–water partition coefficient (Wildman–Crippen LogP) is 5.07. The van der Waals surface area contributed by atoms with Gasteiger partial charge in [0.05, 0.1) is 0 Å². The zero-order chi connectivity index (χ0) is 16.0. The number of nitrogens with zero attached hydrogens (tertiary/aromatic N) is 1. The Morgan fingerprint density at radius 2 is 1.64 bits per heavy atom. The molecule has 1 fully saturated rings. The molecule has 1 aromatic carbocycles. The quantitative estimate of drug-likeness (QED) is 0.755. The number of benzene rings is 1. The van der Waals surface area contributed by atoms with E-state index in [2.05, 4.69) is 63.9 Å². The molecule has 0 saturated carbocycles. The second kappa shape index (κ2) is 5.54. The minimum Gasteiger partial charge on any atom is -0.290 e. The van der Waals surface area contributed by atoms with Gasteiger partial charge in [-0.3, -0.25) is 4.84 Å². The van der Waals surface area contributed by atoms with Gasteiger partial charge in [0.1, 0.15) is 5.60 Å². The van der Waals surface area contributed by atoms with Gasteiger partial charge in [-0.1, -0.05) is 18.2 Å². The largest absolute Gasteiger partial charge is 0.290 e. The number of thioether (sulfide) groups is 1. The molecule has 1 atom stereocenters. The zero-order valence-electron chi connectivity index (χ0n) is 14.6. The summed E-state index contributed by atoms with van der Waals surface area (Å²) in [7, 11) is 0. The van der Waals surface area contributed by atoms with Crippen LogP contribution in [0.2, 0.25) is 0 Å². The second-order valence-electron chi connectivity index (χ2n) is 8.39. The van der Waals surface area contributed by atoms with Crippen LogP contribution in [0.3, 0.4) is 0 Å². The highest BCUT2D eigenvalue weighted by molar-refractivity contribution is 7.99. The molecular weight excluding hydrogens is 290 g/mol. The van der Waals surface area contributed by atoms with Crippen molar-refractivity contribution in [3.8, 4) is 0 Å². The van der Waals surface area contributed by atoms with Crippen LogP contribution in [0.5, 0.6) is 0 Å². The standard InChI is InChI=1S/C19H29NOS/c1-17(2)11-8-12-18(3,4)20(17)21-19(5)13-15-9-6-7-10-16(15)22-14-19/h6-7,9-10H,8,11-14H2,1-5H3/t19-/m1/s1. The van der Waals surface area contributed by atoms with Crippen molar-refractivity contribution in [1.82, 2.24) is 5.06 Å². The lowest BCUT2D eigenvalue weighted by molar-refractivity contribution is -0.327. The number of piperidine rings is 1. The minimum atomic E-state index is -0.120. The third kappa shape index (κ3) is 3.08. The topological polar surface area (TPSA) is 12.5 Å². The Morgan fingerprint density at radius 1 is 1.00 bits per heavy atom. The van der Waals surface area contributed by atoms with Crippen molar-refractivity contribution < 1.29 is 4.84 Å². The van der Waals surface area contributed by atoms with E-state index in [9.17, 15) is 0 Å². The highest BCUT2D eigenvalue weighted by Gasteiger charge is 2.46. The van der Waals surface area contributed by atoms with E-state index in [0.717, 1.165) is 12.2 Å². The molecule has 3 heteroatoms. The molecule has 2 nitrogen and oxygen atoms in total. The van der Waals surface area contributed by atoms with Crippen LogP contribution in [0.1, 0.15) is 59.4 Å². The summed E-state index contributed by atoms with van der Waals surface area (Å²) >= 11 is 1.93. The molecule has 0 radical (unpaired) electrons. The second-order valence-corrected chi connectivity index (χ2v) is 9.40. The molecule has 1 aromatic rings. The minimum absolute atomic E-state index is 0.104. The van der Waals surface area contributed by atoms with Gasteiger partial charge in [0.2, 0.25) is 0 Å². The Bertz CT molecular complexity index is 538. The fourth-order valence-corrected chi connectivity index (χ4v) is 5.09. The van der Waals surface area contributed by atoms with Gasteiger partial charge >= 0.3 is 0 Å². The molecule has 2 heterocycles. The maximum absolute atomic E-state index is 6.72. The molecule has 0 aliphatic carbocycles. The molecular formula is C19H29NOS. The zero-order valence-corrected chi connectivity index (χ0v) is 15.4. The molecule has 2 aliphatic heterocycles. The number of fused-ring (bicyclic) bond motifs is 1. The number of hydrogen-bond donors (Lipinski definition) is 0. The van der Waals surface area contributed by atoms with Crippen molar-refractivity contribution in [1.29, 1.82) is 0 Å². The average molecular weight is 320 g/mol. The molecule has 0 amide bonds. The molecule has 2 aliphatic rings. The Morgan fingerprint density at radius 3 is 2.32 bits per heavy atom. The Labute approximate surface area is 139 Å². The third-order valence-corrected chi connectivity index (χ3v) is 6.52. The Kier molecular flexibility index (Phi) is 4.12. The molecule has 122 valence electrons. The molecule has 0 N–H and O–H groups in total. The van der Waals surface area contributed by atoms with Gasteiger partial charge in [-0.25, -0.2) is 0 Å². The van der Waals surface area contributed by atoms with E-state index in [-0.39, 0.29) is 16.7 Å². The first-order chi connectivity index (χ1) is 10.2. The fraction of sp³-hybridized carbons (Fsp3) is 0.684. The lowest BCUT2D eigenvalue weighted by atomic mass is 9.82. The van der Waals surface area contributed by atoms with Gasteiger partial charge < -0.3 is 0 Å². The first kappa shape index (κ1) is 16.4. The van der Waals surface area contributed by atoms with Crippen LogP contribution in [0.15, 0.2) is 29.2 Å². The van der Waals surface area contributed by atoms with Crippen LogP contribution in [0.4, 0.5) is 0 Å². The van der Waals surface area contributed by atoms with Crippen molar-refractivity contribution in [3.05, 3.63) is 29.8 Å². The van der Waals surface area contributed by atoms with Crippen molar-refractivity contribution in [2.45, 2.75) is 81.9 Å². The summed E-state index contributed by atoms with van der Waals surface area (Å²) in [5, 5.41) is 2.32. The van der Waals surface area contributed by atoms with E-state index in [4.69, 9.17) is 4.84 Å². The van der Waals surface area contributed by atoms with E-state index in [1.165, 1.54) is 29.7 Å². The van der Waals surface area contributed by atoms with E-state index >= 15 is 0 Å². The van der Waals surface area contributed by atoms with Crippen molar-refractivity contribution in [2.75, 3.05) is 5.75 Å². The number of rotatable bonds is 2. The maximum atomic E-state index is 6.72. The normalized spacial score (nSPS) is 30.8. The summed E-state index contributed by atoms with van der Waals surface area (Å²) in [4.78, 5) is 8.14. The van der Waals surface area contributed by atoms with E-state index < -0.39 is 0 Å². The van der Waals surface area contributed by atoms with Gasteiger partial charge in [0.25, 0.3) is 0 Å².